The Morgan fingerprint density at radius 1 is 1.19 bits per heavy atom. The summed E-state index contributed by atoms with van der Waals surface area (Å²) >= 11 is 0. The van der Waals surface area contributed by atoms with Crippen molar-refractivity contribution >= 4 is 0 Å². The first-order valence-corrected chi connectivity index (χ1v) is 8.22. The molecule has 21 heavy (non-hydrogen) atoms. The van der Waals surface area contributed by atoms with Crippen molar-refractivity contribution < 1.29 is 9.84 Å². The lowest BCUT2D eigenvalue weighted by atomic mass is 9.76. The van der Waals surface area contributed by atoms with Gasteiger partial charge in [-0.1, -0.05) is 37.5 Å². The maximum absolute atomic E-state index is 10.2. The minimum atomic E-state index is -0.375. The lowest BCUT2D eigenvalue weighted by Gasteiger charge is -2.47. The summed E-state index contributed by atoms with van der Waals surface area (Å²) in [7, 11) is 0. The quantitative estimate of drug-likeness (QED) is 0.896. The van der Waals surface area contributed by atoms with E-state index in [4.69, 9.17) is 4.74 Å². The van der Waals surface area contributed by atoms with Gasteiger partial charge < -0.3 is 15.2 Å². The number of rotatable bonds is 3. The molecule has 1 atom stereocenters. The molecule has 0 amide bonds. The summed E-state index contributed by atoms with van der Waals surface area (Å²) in [6.45, 7) is 4.33. The summed E-state index contributed by atoms with van der Waals surface area (Å²) in [6, 6.07) is 8.66. The standard InChI is InChI=1S/C18H27NO2/c1-17(2)12-18(13-20,19-14-8-4-3-5-9-14)15-10-6-7-11-16(15)21-17/h6-7,10-11,14,19-20H,3-5,8-9,12-13H2,1-2H3. The van der Waals surface area contributed by atoms with E-state index in [0.717, 1.165) is 17.7 Å². The highest BCUT2D eigenvalue weighted by Gasteiger charge is 2.45. The number of benzene rings is 1. The van der Waals surface area contributed by atoms with Crippen molar-refractivity contribution in [1.29, 1.82) is 0 Å². The van der Waals surface area contributed by atoms with Crippen LogP contribution in [-0.2, 0) is 5.54 Å². The van der Waals surface area contributed by atoms with E-state index in [1.807, 2.05) is 18.2 Å². The summed E-state index contributed by atoms with van der Waals surface area (Å²) in [4.78, 5) is 0. The van der Waals surface area contributed by atoms with Crippen LogP contribution in [0.4, 0.5) is 0 Å². The van der Waals surface area contributed by atoms with Crippen molar-refractivity contribution in [3.63, 3.8) is 0 Å². The largest absolute Gasteiger partial charge is 0.487 e. The lowest BCUT2D eigenvalue weighted by molar-refractivity contribution is 0.00182. The van der Waals surface area contributed by atoms with Crippen LogP contribution in [0.25, 0.3) is 0 Å². The molecule has 0 saturated heterocycles. The number of aliphatic hydroxyl groups is 1. The predicted molar refractivity (Wildman–Crippen MR) is 84.5 cm³/mol. The maximum atomic E-state index is 10.2. The third-order valence-electron chi connectivity index (χ3n) is 4.87. The highest BCUT2D eigenvalue weighted by Crippen LogP contribution is 2.44. The molecule has 0 aromatic heterocycles. The third kappa shape index (κ3) is 2.95. The van der Waals surface area contributed by atoms with Gasteiger partial charge in [0, 0.05) is 18.0 Å². The van der Waals surface area contributed by atoms with Crippen LogP contribution in [0.1, 0.15) is 57.9 Å². The second kappa shape index (κ2) is 5.62. The number of hydrogen-bond acceptors (Lipinski definition) is 3. The molecule has 1 aromatic rings. The van der Waals surface area contributed by atoms with E-state index >= 15 is 0 Å². The molecule has 1 saturated carbocycles. The van der Waals surface area contributed by atoms with E-state index in [1.54, 1.807) is 0 Å². The molecular formula is C18H27NO2. The number of aliphatic hydroxyl groups excluding tert-OH is 1. The number of fused-ring (bicyclic) bond motifs is 1. The van der Waals surface area contributed by atoms with Gasteiger partial charge in [-0.3, -0.25) is 0 Å². The molecule has 3 rings (SSSR count). The molecule has 1 aliphatic carbocycles. The van der Waals surface area contributed by atoms with E-state index in [0.29, 0.717) is 6.04 Å². The van der Waals surface area contributed by atoms with Crippen molar-refractivity contribution in [2.75, 3.05) is 6.61 Å². The van der Waals surface area contributed by atoms with Crippen LogP contribution in [0.15, 0.2) is 24.3 Å². The van der Waals surface area contributed by atoms with Gasteiger partial charge in [0.2, 0.25) is 0 Å². The summed E-state index contributed by atoms with van der Waals surface area (Å²) in [5.74, 6) is 0.908. The van der Waals surface area contributed by atoms with Gasteiger partial charge in [0.15, 0.2) is 0 Å². The summed E-state index contributed by atoms with van der Waals surface area (Å²) in [5.41, 5.74) is 0.469. The van der Waals surface area contributed by atoms with Crippen molar-refractivity contribution in [1.82, 2.24) is 5.32 Å². The Balaban J connectivity index is 1.95. The van der Waals surface area contributed by atoms with E-state index in [2.05, 4.69) is 25.2 Å². The van der Waals surface area contributed by atoms with Gasteiger partial charge in [-0.15, -0.1) is 0 Å². The highest BCUT2D eigenvalue weighted by atomic mass is 16.5. The normalized spacial score (nSPS) is 28.7. The SMILES string of the molecule is CC1(C)CC(CO)(NC2CCCCC2)c2ccccc2O1. The molecule has 116 valence electrons. The van der Waals surface area contributed by atoms with Gasteiger partial charge in [-0.25, -0.2) is 0 Å². The topological polar surface area (TPSA) is 41.5 Å². The molecule has 3 heteroatoms. The Morgan fingerprint density at radius 2 is 1.90 bits per heavy atom. The average Bonchev–Trinajstić information content (AvgIpc) is 2.47. The number of ether oxygens (including phenoxy) is 1. The van der Waals surface area contributed by atoms with Gasteiger partial charge in [0.1, 0.15) is 11.4 Å². The molecule has 1 aromatic carbocycles. The van der Waals surface area contributed by atoms with Crippen molar-refractivity contribution in [2.24, 2.45) is 0 Å². The fourth-order valence-electron chi connectivity index (χ4n) is 4.06. The van der Waals surface area contributed by atoms with Crippen LogP contribution in [-0.4, -0.2) is 23.4 Å². The first-order chi connectivity index (χ1) is 10.0. The molecule has 1 aliphatic heterocycles. The van der Waals surface area contributed by atoms with Crippen LogP contribution < -0.4 is 10.1 Å². The number of nitrogens with one attached hydrogen (secondary N) is 1. The minimum Gasteiger partial charge on any atom is -0.487 e. The zero-order valence-electron chi connectivity index (χ0n) is 13.2. The van der Waals surface area contributed by atoms with Crippen molar-refractivity contribution in [3.8, 4) is 5.75 Å². The molecule has 1 heterocycles. The van der Waals surface area contributed by atoms with Gasteiger partial charge in [0.05, 0.1) is 12.1 Å². The molecule has 3 nitrogen and oxygen atoms in total. The Hall–Kier alpha value is -1.06. The van der Waals surface area contributed by atoms with Crippen LogP contribution in [0.2, 0.25) is 0 Å². The monoisotopic (exact) mass is 289 g/mol. The maximum Gasteiger partial charge on any atom is 0.125 e. The van der Waals surface area contributed by atoms with E-state index in [1.165, 1.54) is 32.1 Å². The van der Waals surface area contributed by atoms with Crippen LogP contribution in [0, 0.1) is 0 Å². The zero-order chi connectivity index (χ0) is 14.9. The average molecular weight is 289 g/mol. The molecule has 1 unspecified atom stereocenters. The van der Waals surface area contributed by atoms with Crippen molar-refractivity contribution in [2.45, 2.75) is 69.6 Å². The lowest BCUT2D eigenvalue weighted by Crippen LogP contribution is -2.57. The number of hydrogen-bond donors (Lipinski definition) is 2. The number of para-hydroxylation sites is 1. The summed E-state index contributed by atoms with van der Waals surface area (Å²) in [5, 5.41) is 14.0. The smallest absolute Gasteiger partial charge is 0.125 e. The van der Waals surface area contributed by atoms with Gasteiger partial charge in [-0.05, 0) is 32.8 Å². The first kappa shape index (κ1) is 14.9. The molecule has 2 N–H and O–H groups in total. The molecule has 0 bridgehead atoms. The Labute approximate surface area is 127 Å². The van der Waals surface area contributed by atoms with Crippen LogP contribution >= 0.6 is 0 Å². The summed E-state index contributed by atoms with van der Waals surface area (Å²) < 4.78 is 6.11. The molecule has 1 fully saturated rings. The highest BCUT2D eigenvalue weighted by molar-refractivity contribution is 5.42. The Bertz CT molecular complexity index is 494. The Kier molecular flexibility index (Phi) is 3.98. The molecule has 0 spiro atoms. The predicted octanol–water partition coefficient (Wildman–Crippen LogP) is 3.36. The Morgan fingerprint density at radius 3 is 2.62 bits per heavy atom. The van der Waals surface area contributed by atoms with E-state index < -0.39 is 0 Å². The second-order valence-electron chi connectivity index (χ2n) is 7.25. The molecular weight excluding hydrogens is 262 g/mol. The fourth-order valence-corrected chi connectivity index (χ4v) is 4.06. The second-order valence-corrected chi connectivity index (χ2v) is 7.25. The van der Waals surface area contributed by atoms with Gasteiger partial charge in [-0.2, -0.15) is 0 Å². The molecule has 2 aliphatic rings. The first-order valence-electron chi connectivity index (χ1n) is 8.22. The van der Waals surface area contributed by atoms with E-state index in [-0.39, 0.29) is 17.7 Å². The molecule has 0 radical (unpaired) electrons. The van der Waals surface area contributed by atoms with Crippen LogP contribution in [0.3, 0.4) is 0 Å². The summed E-state index contributed by atoms with van der Waals surface area (Å²) in [6.07, 6.45) is 7.15. The zero-order valence-corrected chi connectivity index (χ0v) is 13.2. The van der Waals surface area contributed by atoms with Crippen LogP contribution in [0.5, 0.6) is 5.75 Å². The minimum absolute atomic E-state index is 0.118. The fraction of sp³-hybridized carbons (Fsp3) is 0.667. The van der Waals surface area contributed by atoms with Crippen molar-refractivity contribution in [3.05, 3.63) is 29.8 Å². The third-order valence-corrected chi connectivity index (χ3v) is 4.87. The van der Waals surface area contributed by atoms with E-state index in [9.17, 15) is 5.11 Å². The van der Waals surface area contributed by atoms with Gasteiger partial charge >= 0.3 is 0 Å². The van der Waals surface area contributed by atoms with Gasteiger partial charge in [0.25, 0.3) is 0 Å².